The molecule has 0 fully saturated rings. The number of hydroxylamine groups is 2. The fraction of sp³-hybridized carbons (Fsp3) is 0. The molecule has 0 unspecified atom stereocenters. The van der Waals surface area contributed by atoms with E-state index in [0.29, 0.717) is 6.20 Å². The van der Waals surface area contributed by atoms with E-state index in [1.165, 1.54) is 24.3 Å². The van der Waals surface area contributed by atoms with Crippen LogP contribution >= 0.6 is 0 Å². The van der Waals surface area contributed by atoms with Crippen molar-refractivity contribution in [3.8, 4) is 0 Å². The first-order valence-electron chi connectivity index (χ1n) is 6.15. The number of aromatic nitrogens is 2. The molecule has 23 heavy (non-hydrogen) atoms. The quantitative estimate of drug-likeness (QED) is 0.543. The van der Waals surface area contributed by atoms with Gasteiger partial charge in [0.15, 0.2) is 0 Å². The van der Waals surface area contributed by atoms with Crippen molar-refractivity contribution in [1.29, 1.82) is 0 Å². The van der Waals surface area contributed by atoms with E-state index in [4.69, 9.17) is 5.21 Å². The summed E-state index contributed by atoms with van der Waals surface area (Å²) in [5, 5.41) is 9.37. The second-order valence-corrected chi connectivity index (χ2v) is 4.48. The molecule has 2 heterocycles. The third-order valence-electron chi connectivity index (χ3n) is 3.08. The number of fused-ring (bicyclic) bond motifs is 1. The zero-order valence-corrected chi connectivity index (χ0v) is 11.2. The van der Waals surface area contributed by atoms with E-state index in [0.717, 1.165) is 0 Å². The SMILES string of the molecule is O=C(ON1C(=O)c2ccccc2C1=O)c1cn(O)c(=O)[nH]c1=O. The Hall–Kier alpha value is -3.69. The number of H-pyrrole nitrogens is 1. The number of imide groups is 1. The number of hydrogen-bond acceptors (Lipinski definition) is 7. The van der Waals surface area contributed by atoms with Crippen LogP contribution in [0.5, 0.6) is 0 Å². The van der Waals surface area contributed by atoms with Crippen LogP contribution in [0.3, 0.4) is 0 Å². The Morgan fingerprint density at radius 2 is 1.61 bits per heavy atom. The molecular formula is C13H7N3O7. The summed E-state index contributed by atoms with van der Waals surface area (Å²) in [5.74, 6) is -3.12. The second-order valence-electron chi connectivity index (χ2n) is 4.48. The van der Waals surface area contributed by atoms with Crippen LogP contribution in [0.2, 0.25) is 0 Å². The Morgan fingerprint density at radius 3 is 2.17 bits per heavy atom. The van der Waals surface area contributed by atoms with Gasteiger partial charge < -0.3 is 10.0 Å². The molecule has 1 aliphatic heterocycles. The Bertz CT molecular complexity index is 937. The molecule has 0 atom stereocenters. The molecule has 1 aromatic carbocycles. The first-order chi connectivity index (χ1) is 10.9. The van der Waals surface area contributed by atoms with Crippen LogP contribution in [0.25, 0.3) is 0 Å². The molecule has 3 rings (SSSR count). The number of benzene rings is 1. The highest BCUT2D eigenvalue weighted by molar-refractivity contribution is 6.21. The number of hydrogen-bond donors (Lipinski definition) is 2. The van der Waals surface area contributed by atoms with Gasteiger partial charge in [-0.05, 0) is 12.1 Å². The van der Waals surface area contributed by atoms with E-state index >= 15 is 0 Å². The number of carbonyl (C=O) groups excluding carboxylic acids is 3. The van der Waals surface area contributed by atoms with E-state index in [-0.39, 0.29) is 20.9 Å². The summed E-state index contributed by atoms with van der Waals surface area (Å²) in [6.45, 7) is 0. The summed E-state index contributed by atoms with van der Waals surface area (Å²) in [6, 6.07) is 5.82. The summed E-state index contributed by atoms with van der Waals surface area (Å²) in [5.41, 5.74) is -2.96. The third kappa shape index (κ3) is 2.18. The molecule has 2 amide bonds. The monoisotopic (exact) mass is 317 g/mol. The molecule has 0 saturated heterocycles. The van der Waals surface area contributed by atoms with Gasteiger partial charge in [-0.15, -0.1) is 4.73 Å². The predicted octanol–water partition coefficient (Wildman–Crippen LogP) is -0.858. The zero-order valence-electron chi connectivity index (χ0n) is 11.2. The molecule has 2 N–H and O–H groups in total. The third-order valence-corrected chi connectivity index (χ3v) is 3.08. The minimum absolute atomic E-state index is 0.0413. The summed E-state index contributed by atoms with van der Waals surface area (Å²) in [4.78, 5) is 64.8. The maximum absolute atomic E-state index is 12.0. The molecule has 0 bridgehead atoms. The normalized spacial score (nSPS) is 13.1. The van der Waals surface area contributed by atoms with Gasteiger partial charge in [-0.2, -0.15) is 0 Å². The zero-order chi connectivity index (χ0) is 16.7. The molecule has 1 aliphatic rings. The van der Waals surface area contributed by atoms with Gasteiger partial charge in [0.05, 0.1) is 17.3 Å². The summed E-state index contributed by atoms with van der Waals surface area (Å²) in [6.07, 6.45) is 0.516. The van der Waals surface area contributed by atoms with Crippen molar-refractivity contribution < 1.29 is 24.4 Å². The van der Waals surface area contributed by atoms with Crippen molar-refractivity contribution in [2.75, 3.05) is 0 Å². The molecule has 10 nitrogen and oxygen atoms in total. The van der Waals surface area contributed by atoms with Crippen LogP contribution in [-0.4, -0.2) is 37.8 Å². The van der Waals surface area contributed by atoms with Crippen molar-refractivity contribution in [2.24, 2.45) is 0 Å². The topological polar surface area (TPSA) is 139 Å². The van der Waals surface area contributed by atoms with E-state index in [1.54, 1.807) is 4.98 Å². The number of nitrogens with one attached hydrogen (secondary N) is 1. The highest BCUT2D eigenvalue weighted by Gasteiger charge is 2.39. The first kappa shape index (κ1) is 14.3. The van der Waals surface area contributed by atoms with E-state index in [1.807, 2.05) is 0 Å². The Labute approximate surface area is 126 Å². The lowest BCUT2D eigenvalue weighted by Crippen LogP contribution is -2.37. The fourth-order valence-corrected chi connectivity index (χ4v) is 1.99. The maximum atomic E-state index is 12.0. The average Bonchev–Trinajstić information content (AvgIpc) is 2.76. The van der Waals surface area contributed by atoms with Gasteiger partial charge in [-0.1, -0.05) is 17.2 Å². The van der Waals surface area contributed by atoms with E-state index in [9.17, 15) is 24.0 Å². The fourth-order valence-electron chi connectivity index (χ4n) is 1.99. The molecule has 116 valence electrons. The van der Waals surface area contributed by atoms with Gasteiger partial charge >= 0.3 is 11.7 Å². The maximum Gasteiger partial charge on any atom is 0.371 e. The standard InChI is InChI=1S/C13H7N3O7/c17-9-8(5-15(22)13(21)14-9)12(20)23-16-10(18)6-3-1-2-4-7(6)11(16)19/h1-5,22H,(H,14,17,21). The lowest BCUT2D eigenvalue weighted by atomic mass is 10.1. The van der Waals surface area contributed by atoms with Crippen molar-refractivity contribution >= 4 is 17.8 Å². The number of carbonyl (C=O) groups is 3. The number of amides is 2. The van der Waals surface area contributed by atoms with Gasteiger partial charge in [0.2, 0.25) is 0 Å². The lowest BCUT2D eigenvalue weighted by molar-refractivity contribution is -0.0587. The van der Waals surface area contributed by atoms with E-state index < -0.39 is 34.6 Å². The highest BCUT2D eigenvalue weighted by Crippen LogP contribution is 2.22. The molecule has 10 heteroatoms. The van der Waals surface area contributed by atoms with Gasteiger partial charge in [0.25, 0.3) is 17.4 Å². The average molecular weight is 317 g/mol. The van der Waals surface area contributed by atoms with Gasteiger partial charge in [0.1, 0.15) is 5.56 Å². The molecule has 0 spiro atoms. The van der Waals surface area contributed by atoms with E-state index in [2.05, 4.69) is 4.84 Å². The van der Waals surface area contributed by atoms with Crippen molar-refractivity contribution in [3.05, 3.63) is 68.0 Å². The van der Waals surface area contributed by atoms with Gasteiger partial charge in [-0.25, -0.2) is 9.59 Å². The molecule has 0 aliphatic carbocycles. The predicted molar refractivity (Wildman–Crippen MR) is 70.9 cm³/mol. The summed E-state index contributed by atoms with van der Waals surface area (Å²) >= 11 is 0. The minimum Gasteiger partial charge on any atom is -0.424 e. The van der Waals surface area contributed by atoms with Crippen molar-refractivity contribution in [3.63, 3.8) is 0 Å². The number of aromatic amines is 1. The van der Waals surface area contributed by atoms with Crippen LogP contribution in [0.15, 0.2) is 40.1 Å². The lowest BCUT2D eigenvalue weighted by Gasteiger charge is -2.12. The molecule has 0 saturated carbocycles. The molecule has 1 aromatic heterocycles. The highest BCUT2D eigenvalue weighted by atomic mass is 16.7. The summed E-state index contributed by atoms with van der Waals surface area (Å²) < 4.78 is -0.0413. The number of nitrogens with zero attached hydrogens (tertiary/aromatic N) is 2. The van der Waals surface area contributed by atoms with Crippen LogP contribution in [0, 0.1) is 0 Å². The second kappa shape index (κ2) is 4.94. The largest absolute Gasteiger partial charge is 0.424 e. The van der Waals surface area contributed by atoms with Crippen LogP contribution < -0.4 is 11.2 Å². The van der Waals surface area contributed by atoms with Crippen LogP contribution in [0.1, 0.15) is 31.1 Å². The Morgan fingerprint density at radius 1 is 1.04 bits per heavy atom. The van der Waals surface area contributed by atoms with Crippen LogP contribution in [0.4, 0.5) is 0 Å². The van der Waals surface area contributed by atoms with Crippen molar-refractivity contribution in [2.45, 2.75) is 0 Å². The molecular weight excluding hydrogens is 310 g/mol. The molecule has 0 radical (unpaired) electrons. The number of rotatable bonds is 2. The smallest absolute Gasteiger partial charge is 0.371 e. The molecule has 2 aromatic rings. The van der Waals surface area contributed by atoms with Crippen LogP contribution in [-0.2, 0) is 4.84 Å². The summed E-state index contributed by atoms with van der Waals surface area (Å²) in [7, 11) is 0. The Balaban J connectivity index is 1.92. The van der Waals surface area contributed by atoms with Gasteiger partial charge in [-0.3, -0.25) is 19.4 Å². The Kier molecular flexibility index (Phi) is 3.06. The van der Waals surface area contributed by atoms with Gasteiger partial charge in [0, 0.05) is 0 Å². The first-order valence-corrected chi connectivity index (χ1v) is 6.15. The minimum atomic E-state index is -1.39. The van der Waals surface area contributed by atoms with Crippen molar-refractivity contribution in [1.82, 2.24) is 14.8 Å².